The Hall–Kier alpha value is -1.06. The number of nitrogens with zero attached hydrogens (tertiary/aromatic N) is 1. The van der Waals surface area contributed by atoms with E-state index in [1.807, 2.05) is 0 Å². The van der Waals surface area contributed by atoms with Gasteiger partial charge in [-0.05, 0) is 48.9 Å². The van der Waals surface area contributed by atoms with E-state index in [0.717, 1.165) is 44.7 Å². The van der Waals surface area contributed by atoms with Gasteiger partial charge in [0.25, 0.3) is 0 Å². The zero-order valence-electron chi connectivity index (χ0n) is 13.2. The van der Waals surface area contributed by atoms with Gasteiger partial charge < -0.3 is 15.0 Å². The minimum absolute atomic E-state index is 0.850. The first-order chi connectivity index (χ1) is 10.3. The van der Waals surface area contributed by atoms with Crippen LogP contribution >= 0.6 is 0 Å². The standard InChI is InChI=1S/C18H28N2O/c1-15-2-3-17(12-15)14-19-13-16-4-6-18(7-5-16)20-8-10-21-11-9-20/h4-7,15,17,19H,2-3,8-14H2,1H3. The third-order valence-corrected chi connectivity index (χ3v) is 4.88. The molecule has 3 heteroatoms. The molecule has 1 saturated carbocycles. The van der Waals surface area contributed by atoms with Gasteiger partial charge in [0.15, 0.2) is 0 Å². The van der Waals surface area contributed by atoms with Gasteiger partial charge in [0.2, 0.25) is 0 Å². The maximum absolute atomic E-state index is 5.40. The van der Waals surface area contributed by atoms with E-state index in [4.69, 9.17) is 4.74 Å². The van der Waals surface area contributed by atoms with Gasteiger partial charge in [0.05, 0.1) is 13.2 Å². The maximum Gasteiger partial charge on any atom is 0.0642 e. The molecule has 1 aliphatic carbocycles. The van der Waals surface area contributed by atoms with Gasteiger partial charge in [-0.1, -0.05) is 25.5 Å². The highest BCUT2D eigenvalue weighted by atomic mass is 16.5. The van der Waals surface area contributed by atoms with E-state index in [-0.39, 0.29) is 0 Å². The molecule has 1 aromatic rings. The molecule has 1 heterocycles. The van der Waals surface area contributed by atoms with Crippen molar-refractivity contribution in [2.45, 2.75) is 32.7 Å². The van der Waals surface area contributed by atoms with E-state index in [2.05, 4.69) is 41.4 Å². The van der Waals surface area contributed by atoms with Gasteiger partial charge >= 0.3 is 0 Å². The normalized spacial score (nSPS) is 26.2. The van der Waals surface area contributed by atoms with Gasteiger partial charge in [0.1, 0.15) is 0 Å². The van der Waals surface area contributed by atoms with E-state index in [9.17, 15) is 0 Å². The summed E-state index contributed by atoms with van der Waals surface area (Å²) in [4.78, 5) is 2.40. The summed E-state index contributed by atoms with van der Waals surface area (Å²) >= 11 is 0. The first-order valence-corrected chi connectivity index (χ1v) is 8.43. The van der Waals surface area contributed by atoms with Crippen molar-refractivity contribution in [2.24, 2.45) is 11.8 Å². The molecule has 2 aliphatic rings. The summed E-state index contributed by atoms with van der Waals surface area (Å²) in [7, 11) is 0. The lowest BCUT2D eigenvalue weighted by molar-refractivity contribution is 0.122. The van der Waals surface area contributed by atoms with Crippen LogP contribution in [0.4, 0.5) is 5.69 Å². The van der Waals surface area contributed by atoms with Gasteiger partial charge in [-0.15, -0.1) is 0 Å². The molecule has 2 unspecified atom stereocenters. The lowest BCUT2D eigenvalue weighted by Gasteiger charge is -2.28. The Balaban J connectivity index is 1.43. The number of hydrogen-bond donors (Lipinski definition) is 1. The average molecular weight is 288 g/mol. The molecule has 2 atom stereocenters. The van der Waals surface area contributed by atoms with Gasteiger partial charge in [-0.3, -0.25) is 0 Å². The monoisotopic (exact) mass is 288 g/mol. The molecule has 3 nitrogen and oxygen atoms in total. The third kappa shape index (κ3) is 4.21. The van der Waals surface area contributed by atoms with Crippen LogP contribution in [0.5, 0.6) is 0 Å². The quantitative estimate of drug-likeness (QED) is 0.901. The predicted molar refractivity (Wildman–Crippen MR) is 87.7 cm³/mol. The summed E-state index contributed by atoms with van der Waals surface area (Å²) in [6.45, 7) is 8.27. The summed E-state index contributed by atoms with van der Waals surface area (Å²) in [5, 5.41) is 3.63. The van der Waals surface area contributed by atoms with Crippen LogP contribution < -0.4 is 10.2 Å². The number of benzene rings is 1. The number of ether oxygens (including phenoxy) is 1. The Morgan fingerprint density at radius 2 is 1.90 bits per heavy atom. The topological polar surface area (TPSA) is 24.5 Å². The number of morpholine rings is 1. The van der Waals surface area contributed by atoms with E-state index >= 15 is 0 Å². The van der Waals surface area contributed by atoms with E-state index < -0.39 is 0 Å². The molecule has 0 bridgehead atoms. The second-order valence-electron chi connectivity index (χ2n) is 6.68. The highest BCUT2D eigenvalue weighted by Gasteiger charge is 2.20. The minimum Gasteiger partial charge on any atom is -0.378 e. The number of rotatable bonds is 5. The zero-order valence-corrected chi connectivity index (χ0v) is 13.2. The zero-order chi connectivity index (χ0) is 14.5. The van der Waals surface area contributed by atoms with Crippen LogP contribution in [0.25, 0.3) is 0 Å². The van der Waals surface area contributed by atoms with Crippen molar-refractivity contribution in [1.82, 2.24) is 5.32 Å². The van der Waals surface area contributed by atoms with Crippen LogP contribution in [0.2, 0.25) is 0 Å². The fourth-order valence-corrected chi connectivity index (χ4v) is 3.58. The van der Waals surface area contributed by atoms with Crippen LogP contribution in [0.15, 0.2) is 24.3 Å². The number of nitrogens with one attached hydrogen (secondary N) is 1. The second-order valence-corrected chi connectivity index (χ2v) is 6.68. The number of anilines is 1. The van der Waals surface area contributed by atoms with Crippen molar-refractivity contribution in [2.75, 3.05) is 37.7 Å². The largest absolute Gasteiger partial charge is 0.378 e. The van der Waals surface area contributed by atoms with Gasteiger partial charge in [-0.25, -0.2) is 0 Å². The first kappa shape index (κ1) is 14.9. The lowest BCUT2D eigenvalue weighted by atomic mass is 10.1. The summed E-state index contributed by atoms with van der Waals surface area (Å²) < 4.78 is 5.40. The molecule has 0 spiro atoms. The highest BCUT2D eigenvalue weighted by molar-refractivity contribution is 5.47. The first-order valence-electron chi connectivity index (χ1n) is 8.43. The fourth-order valence-electron chi connectivity index (χ4n) is 3.58. The van der Waals surface area contributed by atoms with Gasteiger partial charge in [0, 0.05) is 25.3 Å². The maximum atomic E-state index is 5.40. The van der Waals surface area contributed by atoms with Gasteiger partial charge in [-0.2, -0.15) is 0 Å². The Labute approximate surface area is 128 Å². The smallest absolute Gasteiger partial charge is 0.0642 e. The third-order valence-electron chi connectivity index (χ3n) is 4.88. The van der Waals surface area contributed by atoms with Crippen LogP contribution in [0.1, 0.15) is 31.7 Å². The van der Waals surface area contributed by atoms with E-state index in [0.29, 0.717) is 0 Å². The molecular weight excluding hydrogens is 260 g/mol. The van der Waals surface area contributed by atoms with Crippen molar-refractivity contribution < 1.29 is 4.74 Å². The molecule has 116 valence electrons. The van der Waals surface area contributed by atoms with Crippen molar-refractivity contribution in [3.63, 3.8) is 0 Å². The molecule has 3 rings (SSSR count). The Morgan fingerprint density at radius 1 is 1.14 bits per heavy atom. The molecule has 1 aromatic carbocycles. The fraction of sp³-hybridized carbons (Fsp3) is 0.667. The molecule has 1 aliphatic heterocycles. The SMILES string of the molecule is CC1CCC(CNCc2ccc(N3CCOCC3)cc2)C1. The van der Waals surface area contributed by atoms with Crippen LogP contribution in [-0.4, -0.2) is 32.8 Å². The van der Waals surface area contributed by atoms with E-state index in [1.54, 1.807) is 0 Å². The molecule has 0 amide bonds. The minimum atomic E-state index is 0.850. The number of hydrogen-bond acceptors (Lipinski definition) is 3. The molecule has 1 N–H and O–H groups in total. The van der Waals surface area contributed by atoms with Crippen molar-refractivity contribution >= 4 is 5.69 Å². The molecule has 21 heavy (non-hydrogen) atoms. The Kier molecular flexibility index (Phi) is 5.15. The summed E-state index contributed by atoms with van der Waals surface area (Å²) in [5.41, 5.74) is 2.71. The van der Waals surface area contributed by atoms with Crippen molar-refractivity contribution in [1.29, 1.82) is 0 Å². The second kappa shape index (κ2) is 7.28. The lowest BCUT2D eigenvalue weighted by Crippen LogP contribution is -2.36. The van der Waals surface area contributed by atoms with Crippen LogP contribution in [-0.2, 0) is 11.3 Å². The summed E-state index contributed by atoms with van der Waals surface area (Å²) in [5.74, 6) is 1.83. The molecule has 1 saturated heterocycles. The van der Waals surface area contributed by atoms with E-state index in [1.165, 1.54) is 37.1 Å². The average Bonchev–Trinajstić information content (AvgIpc) is 2.94. The van der Waals surface area contributed by atoms with Crippen LogP contribution in [0, 0.1) is 11.8 Å². The summed E-state index contributed by atoms with van der Waals surface area (Å²) in [6.07, 6.45) is 4.23. The molecular formula is C18H28N2O. The highest BCUT2D eigenvalue weighted by Crippen LogP contribution is 2.29. The molecule has 0 aromatic heterocycles. The van der Waals surface area contributed by atoms with Crippen LogP contribution in [0.3, 0.4) is 0 Å². The summed E-state index contributed by atoms with van der Waals surface area (Å²) in [6, 6.07) is 9.02. The Bertz CT molecular complexity index is 425. The molecule has 0 radical (unpaired) electrons. The van der Waals surface area contributed by atoms with Crippen molar-refractivity contribution in [3.05, 3.63) is 29.8 Å². The predicted octanol–water partition coefficient (Wildman–Crippen LogP) is 3.05. The molecule has 2 fully saturated rings. The van der Waals surface area contributed by atoms with Crippen molar-refractivity contribution in [3.8, 4) is 0 Å². The Morgan fingerprint density at radius 3 is 2.57 bits per heavy atom.